The number of amides is 1. The molecule has 1 aliphatic heterocycles. The van der Waals surface area contributed by atoms with Gasteiger partial charge in [0.05, 0.1) is 10.9 Å². The third-order valence-corrected chi connectivity index (χ3v) is 8.20. The van der Waals surface area contributed by atoms with Gasteiger partial charge in [-0.1, -0.05) is 15.9 Å². The summed E-state index contributed by atoms with van der Waals surface area (Å²) in [5.74, 6) is -0.221. The first kappa shape index (κ1) is 17.1. The van der Waals surface area contributed by atoms with Gasteiger partial charge < -0.3 is 0 Å². The van der Waals surface area contributed by atoms with Crippen LogP contribution in [0.1, 0.15) is 33.8 Å². The summed E-state index contributed by atoms with van der Waals surface area (Å²) in [5, 5.41) is 3.13. The lowest BCUT2D eigenvalue weighted by atomic mass is 10.2. The zero-order chi connectivity index (χ0) is 17.6. The Balaban J connectivity index is 1.48. The van der Waals surface area contributed by atoms with Crippen LogP contribution in [0.2, 0.25) is 0 Å². The lowest BCUT2D eigenvalue weighted by molar-refractivity contribution is 0.102. The maximum atomic E-state index is 12.4. The number of carbonyl (C=O) groups is 1. The van der Waals surface area contributed by atoms with Crippen LogP contribution in [-0.4, -0.2) is 35.4 Å². The zero-order valence-electron chi connectivity index (χ0n) is 13.2. The molecule has 2 heterocycles. The second kappa shape index (κ2) is 6.46. The molecule has 9 heteroatoms. The first-order valence-corrected chi connectivity index (χ1v) is 11.1. The van der Waals surface area contributed by atoms with E-state index in [-0.39, 0.29) is 11.2 Å². The maximum Gasteiger partial charge on any atom is 0.257 e. The van der Waals surface area contributed by atoms with Gasteiger partial charge in [-0.2, -0.15) is 4.31 Å². The fourth-order valence-electron chi connectivity index (χ4n) is 2.79. The minimum Gasteiger partial charge on any atom is -0.298 e. The third-order valence-electron chi connectivity index (χ3n) is 4.33. The number of rotatable bonds is 4. The van der Waals surface area contributed by atoms with E-state index >= 15 is 0 Å². The Bertz CT molecular complexity index is 921. The molecule has 1 aromatic heterocycles. The van der Waals surface area contributed by atoms with Gasteiger partial charge in [0.2, 0.25) is 10.0 Å². The summed E-state index contributed by atoms with van der Waals surface area (Å²) >= 11 is 4.70. The molecule has 4 rings (SSSR count). The number of aromatic nitrogens is 1. The number of fused-ring (bicyclic) bond motifs is 1. The topological polar surface area (TPSA) is 79.4 Å². The summed E-state index contributed by atoms with van der Waals surface area (Å²) in [4.78, 5) is 17.7. The van der Waals surface area contributed by atoms with E-state index < -0.39 is 10.0 Å². The minimum atomic E-state index is -3.17. The van der Waals surface area contributed by atoms with Crippen LogP contribution >= 0.6 is 27.3 Å². The van der Waals surface area contributed by atoms with Crippen LogP contribution in [0.15, 0.2) is 28.7 Å². The van der Waals surface area contributed by atoms with E-state index in [4.69, 9.17) is 0 Å². The van der Waals surface area contributed by atoms with Crippen LogP contribution in [0, 0.1) is 0 Å². The largest absolute Gasteiger partial charge is 0.298 e. The van der Waals surface area contributed by atoms with Gasteiger partial charge in [-0.15, -0.1) is 11.3 Å². The van der Waals surface area contributed by atoms with Gasteiger partial charge in [0.25, 0.3) is 5.91 Å². The maximum absolute atomic E-state index is 12.4. The third kappa shape index (κ3) is 3.51. The lowest BCUT2D eigenvalue weighted by Gasteiger charge is -2.25. The predicted octanol–water partition coefficient (Wildman–Crippen LogP) is 3.01. The number of hydrogen-bond acceptors (Lipinski definition) is 5. The van der Waals surface area contributed by atoms with Crippen molar-refractivity contribution in [3.8, 4) is 0 Å². The highest BCUT2D eigenvalue weighted by Crippen LogP contribution is 2.35. The summed E-state index contributed by atoms with van der Waals surface area (Å²) in [6.45, 7) is 0.829. The van der Waals surface area contributed by atoms with Crippen LogP contribution in [-0.2, 0) is 23.0 Å². The number of halogens is 1. The first-order valence-electron chi connectivity index (χ1n) is 7.98. The highest BCUT2D eigenvalue weighted by atomic mass is 79.9. The molecule has 1 amide bonds. The van der Waals surface area contributed by atoms with Crippen molar-refractivity contribution in [1.29, 1.82) is 0 Å². The highest BCUT2D eigenvalue weighted by Gasteiger charge is 2.41. The Hall–Kier alpha value is -1.29. The molecule has 132 valence electrons. The first-order chi connectivity index (χ1) is 11.9. The van der Waals surface area contributed by atoms with Crippen molar-refractivity contribution in [3.63, 3.8) is 0 Å². The number of nitrogens with one attached hydrogen (secondary N) is 1. The van der Waals surface area contributed by atoms with Gasteiger partial charge in [-0.3, -0.25) is 10.1 Å². The SMILES string of the molecule is O=C(Nc1nc2c(s1)CN(S(=O)(=O)C1CC1)CC2)c1ccc(Br)cc1. The molecule has 2 aliphatic rings. The van der Waals surface area contributed by atoms with Crippen molar-refractivity contribution in [1.82, 2.24) is 9.29 Å². The van der Waals surface area contributed by atoms with Crippen LogP contribution in [0.5, 0.6) is 0 Å². The van der Waals surface area contributed by atoms with Crippen molar-refractivity contribution in [2.45, 2.75) is 31.1 Å². The van der Waals surface area contributed by atoms with Crippen molar-refractivity contribution in [3.05, 3.63) is 44.9 Å². The number of benzene rings is 1. The predicted molar refractivity (Wildman–Crippen MR) is 100 cm³/mol. The van der Waals surface area contributed by atoms with Crippen molar-refractivity contribution in [2.75, 3.05) is 11.9 Å². The molecule has 0 radical (unpaired) electrons. The summed E-state index contributed by atoms with van der Waals surface area (Å²) in [5.41, 5.74) is 1.44. The van der Waals surface area contributed by atoms with E-state index in [1.165, 1.54) is 11.3 Å². The number of hydrogen-bond donors (Lipinski definition) is 1. The molecular formula is C16H16BrN3O3S2. The molecule has 25 heavy (non-hydrogen) atoms. The molecule has 6 nitrogen and oxygen atoms in total. The molecule has 1 saturated carbocycles. The normalized spacial score (nSPS) is 18.0. The number of anilines is 1. The van der Waals surface area contributed by atoms with E-state index in [0.717, 1.165) is 27.9 Å². The second-order valence-electron chi connectivity index (χ2n) is 6.18. The number of sulfonamides is 1. The molecule has 0 saturated heterocycles. The Labute approximate surface area is 158 Å². The van der Waals surface area contributed by atoms with Gasteiger partial charge in [0, 0.05) is 34.4 Å². The van der Waals surface area contributed by atoms with Crippen molar-refractivity contribution < 1.29 is 13.2 Å². The summed E-state index contributed by atoms with van der Waals surface area (Å²) < 4.78 is 27.3. The minimum absolute atomic E-state index is 0.196. The van der Waals surface area contributed by atoms with E-state index in [2.05, 4.69) is 26.2 Å². The summed E-state index contributed by atoms with van der Waals surface area (Å²) in [7, 11) is -3.17. The standard InChI is InChI=1S/C16H16BrN3O3S2/c17-11-3-1-10(2-4-11)15(21)19-16-18-13-7-8-20(9-14(13)24-16)25(22,23)12-5-6-12/h1-4,12H,5-9H2,(H,18,19,21). The molecular weight excluding hydrogens is 426 g/mol. The quantitative estimate of drug-likeness (QED) is 0.790. The molecule has 1 aromatic carbocycles. The van der Waals surface area contributed by atoms with Crippen LogP contribution < -0.4 is 5.32 Å². The van der Waals surface area contributed by atoms with Crippen LogP contribution in [0.4, 0.5) is 5.13 Å². The number of thiazole rings is 1. The lowest BCUT2D eigenvalue weighted by Crippen LogP contribution is -2.37. The molecule has 0 spiro atoms. The van der Waals surface area contributed by atoms with Crippen molar-refractivity contribution >= 4 is 48.3 Å². The average Bonchev–Trinajstić information content (AvgIpc) is 3.36. The Morgan fingerprint density at radius 2 is 2.00 bits per heavy atom. The number of carbonyl (C=O) groups excluding carboxylic acids is 1. The summed E-state index contributed by atoms with van der Waals surface area (Å²) in [6.07, 6.45) is 2.12. The van der Waals surface area contributed by atoms with Gasteiger partial charge in [-0.05, 0) is 37.1 Å². The van der Waals surface area contributed by atoms with E-state index in [9.17, 15) is 13.2 Å². The fraction of sp³-hybridized carbons (Fsp3) is 0.375. The zero-order valence-corrected chi connectivity index (χ0v) is 16.5. The second-order valence-corrected chi connectivity index (χ2v) is 10.4. The van der Waals surface area contributed by atoms with Crippen LogP contribution in [0.25, 0.3) is 0 Å². The Morgan fingerprint density at radius 3 is 2.68 bits per heavy atom. The van der Waals surface area contributed by atoms with Crippen molar-refractivity contribution in [2.24, 2.45) is 0 Å². The monoisotopic (exact) mass is 441 g/mol. The molecule has 0 unspecified atom stereocenters. The molecule has 1 fully saturated rings. The smallest absolute Gasteiger partial charge is 0.257 e. The van der Waals surface area contributed by atoms with E-state index in [0.29, 0.717) is 30.2 Å². The molecule has 0 atom stereocenters. The van der Waals surface area contributed by atoms with E-state index in [1.54, 1.807) is 16.4 Å². The number of nitrogens with zero attached hydrogens (tertiary/aromatic N) is 2. The van der Waals surface area contributed by atoms with E-state index in [1.807, 2.05) is 12.1 Å². The van der Waals surface area contributed by atoms with Crippen LogP contribution in [0.3, 0.4) is 0 Å². The highest BCUT2D eigenvalue weighted by molar-refractivity contribution is 9.10. The molecule has 1 N–H and O–H groups in total. The molecule has 0 bridgehead atoms. The fourth-order valence-corrected chi connectivity index (χ4v) is 5.96. The summed E-state index contributed by atoms with van der Waals surface area (Å²) in [6, 6.07) is 7.08. The van der Waals surface area contributed by atoms with Gasteiger partial charge in [-0.25, -0.2) is 13.4 Å². The van der Waals surface area contributed by atoms with Gasteiger partial charge in [0.1, 0.15) is 0 Å². The van der Waals surface area contributed by atoms with Gasteiger partial charge >= 0.3 is 0 Å². The van der Waals surface area contributed by atoms with Gasteiger partial charge in [0.15, 0.2) is 5.13 Å². The molecule has 1 aliphatic carbocycles. The Morgan fingerprint density at radius 1 is 1.28 bits per heavy atom. The Kier molecular flexibility index (Phi) is 4.43. The molecule has 2 aromatic rings. The average molecular weight is 442 g/mol.